The van der Waals surface area contributed by atoms with Crippen LogP contribution in [-0.4, -0.2) is 9.97 Å². The Bertz CT molecular complexity index is 627. The largest absolute Gasteiger partial charge is 0.347 e. The molecule has 0 saturated carbocycles. The zero-order chi connectivity index (χ0) is 12.6. The third-order valence-corrected chi connectivity index (χ3v) is 3.28. The van der Waals surface area contributed by atoms with Crippen molar-refractivity contribution in [1.29, 1.82) is 0 Å². The number of hydrogen-bond donors (Lipinski definition) is 1. The summed E-state index contributed by atoms with van der Waals surface area (Å²) in [5.74, 6) is 0. The molecule has 0 aliphatic heterocycles. The van der Waals surface area contributed by atoms with Crippen molar-refractivity contribution in [3.63, 3.8) is 0 Å². The second-order valence-corrected chi connectivity index (χ2v) is 4.85. The summed E-state index contributed by atoms with van der Waals surface area (Å²) in [6, 6.07) is 6.35. The Morgan fingerprint density at radius 2 is 1.82 bits per heavy atom. The molecule has 0 fully saturated rings. The number of hydrogen-bond acceptors (Lipinski definition) is 2. The SMILES string of the molecule is Cc1ccc(C)c(-c2nc(C)c(C)[nH]c2=S)c1. The predicted octanol–water partition coefficient (Wildman–Crippen LogP) is 4.04. The summed E-state index contributed by atoms with van der Waals surface area (Å²) in [6.45, 7) is 8.15. The van der Waals surface area contributed by atoms with Gasteiger partial charge < -0.3 is 4.98 Å². The minimum Gasteiger partial charge on any atom is -0.347 e. The Morgan fingerprint density at radius 1 is 1.12 bits per heavy atom. The van der Waals surface area contributed by atoms with Crippen LogP contribution in [-0.2, 0) is 0 Å². The van der Waals surface area contributed by atoms with E-state index in [1.807, 2.05) is 13.8 Å². The summed E-state index contributed by atoms with van der Waals surface area (Å²) in [4.78, 5) is 7.81. The number of aryl methyl sites for hydroxylation is 4. The van der Waals surface area contributed by atoms with Crippen molar-refractivity contribution in [2.24, 2.45) is 0 Å². The summed E-state index contributed by atoms with van der Waals surface area (Å²) >= 11 is 5.37. The molecule has 1 aromatic heterocycles. The second-order valence-electron chi connectivity index (χ2n) is 4.44. The number of benzene rings is 1. The van der Waals surface area contributed by atoms with E-state index in [1.165, 1.54) is 11.1 Å². The monoisotopic (exact) mass is 244 g/mol. The van der Waals surface area contributed by atoms with E-state index in [0.717, 1.165) is 22.6 Å². The number of aromatic amines is 1. The van der Waals surface area contributed by atoms with Gasteiger partial charge in [0.2, 0.25) is 0 Å². The van der Waals surface area contributed by atoms with E-state index in [0.29, 0.717) is 4.64 Å². The van der Waals surface area contributed by atoms with Gasteiger partial charge in [0.1, 0.15) is 10.3 Å². The van der Waals surface area contributed by atoms with Gasteiger partial charge in [0.25, 0.3) is 0 Å². The van der Waals surface area contributed by atoms with E-state index in [2.05, 4.69) is 42.0 Å². The molecule has 0 spiro atoms. The lowest BCUT2D eigenvalue weighted by molar-refractivity contribution is 1.04. The first-order valence-electron chi connectivity index (χ1n) is 5.64. The fourth-order valence-electron chi connectivity index (χ4n) is 1.80. The predicted molar refractivity (Wildman–Crippen MR) is 73.8 cm³/mol. The summed E-state index contributed by atoms with van der Waals surface area (Å²) in [6.07, 6.45) is 0. The minimum absolute atomic E-state index is 0.710. The second kappa shape index (κ2) is 4.41. The van der Waals surface area contributed by atoms with Crippen LogP contribution in [0.4, 0.5) is 0 Å². The molecule has 2 nitrogen and oxygen atoms in total. The summed E-state index contributed by atoms with van der Waals surface area (Å²) in [7, 11) is 0. The highest BCUT2D eigenvalue weighted by Gasteiger charge is 2.08. The van der Waals surface area contributed by atoms with Crippen LogP contribution in [0.15, 0.2) is 18.2 Å². The van der Waals surface area contributed by atoms with Crippen LogP contribution in [0.1, 0.15) is 22.5 Å². The number of nitrogens with one attached hydrogen (secondary N) is 1. The van der Waals surface area contributed by atoms with Crippen molar-refractivity contribution >= 4 is 12.2 Å². The standard InChI is InChI=1S/C14H16N2S/c1-8-5-6-9(2)12(7-8)13-14(17)16-11(4)10(3)15-13/h5-7H,1-4H3,(H,16,17). The molecule has 0 radical (unpaired) electrons. The molecule has 0 aliphatic carbocycles. The molecule has 1 heterocycles. The van der Waals surface area contributed by atoms with E-state index < -0.39 is 0 Å². The summed E-state index contributed by atoms with van der Waals surface area (Å²) in [5.41, 5.74) is 6.45. The smallest absolute Gasteiger partial charge is 0.130 e. The summed E-state index contributed by atoms with van der Waals surface area (Å²) in [5, 5.41) is 0. The quantitative estimate of drug-likeness (QED) is 0.767. The molecule has 1 N–H and O–H groups in total. The Hall–Kier alpha value is -1.48. The van der Waals surface area contributed by atoms with Crippen molar-refractivity contribution in [2.45, 2.75) is 27.7 Å². The Kier molecular flexibility index (Phi) is 3.11. The van der Waals surface area contributed by atoms with Crippen LogP contribution < -0.4 is 0 Å². The van der Waals surface area contributed by atoms with Gasteiger partial charge in [-0.25, -0.2) is 4.98 Å². The zero-order valence-corrected chi connectivity index (χ0v) is 11.4. The average Bonchev–Trinajstić information content (AvgIpc) is 2.27. The van der Waals surface area contributed by atoms with Gasteiger partial charge in [0, 0.05) is 11.3 Å². The van der Waals surface area contributed by atoms with E-state index in [1.54, 1.807) is 0 Å². The maximum atomic E-state index is 5.37. The molecular weight excluding hydrogens is 228 g/mol. The lowest BCUT2D eigenvalue weighted by atomic mass is 10.0. The number of H-pyrrole nitrogens is 1. The zero-order valence-electron chi connectivity index (χ0n) is 10.6. The molecule has 0 bridgehead atoms. The van der Waals surface area contributed by atoms with Gasteiger partial charge in [-0.05, 0) is 39.3 Å². The van der Waals surface area contributed by atoms with Crippen molar-refractivity contribution in [2.75, 3.05) is 0 Å². The van der Waals surface area contributed by atoms with Crippen LogP contribution in [0, 0.1) is 32.3 Å². The summed E-state index contributed by atoms with van der Waals surface area (Å²) < 4.78 is 0.710. The molecule has 2 rings (SSSR count). The van der Waals surface area contributed by atoms with Crippen LogP contribution in [0.25, 0.3) is 11.3 Å². The highest BCUT2D eigenvalue weighted by atomic mass is 32.1. The maximum Gasteiger partial charge on any atom is 0.130 e. The van der Waals surface area contributed by atoms with Gasteiger partial charge in [-0.3, -0.25) is 0 Å². The molecule has 0 amide bonds. The van der Waals surface area contributed by atoms with Gasteiger partial charge in [-0.1, -0.05) is 29.9 Å². The lowest BCUT2D eigenvalue weighted by Gasteiger charge is -2.09. The molecular formula is C14H16N2S. The molecule has 0 atom stereocenters. The van der Waals surface area contributed by atoms with E-state index >= 15 is 0 Å². The number of aromatic nitrogens is 2. The normalized spacial score (nSPS) is 10.6. The molecule has 88 valence electrons. The van der Waals surface area contributed by atoms with Gasteiger partial charge in [-0.15, -0.1) is 0 Å². The molecule has 0 unspecified atom stereocenters. The number of nitrogens with zero attached hydrogens (tertiary/aromatic N) is 1. The Labute approximate surface area is 107 Å². The van der Waals surface area contributed by atoms with Crippen molar-refractivity contribution in [1.82, 2.24) is 9.97 Å². The molecule has 0 saturated heterocycles. The van der Waals surface area contributed by atoms with Gasteiger partial charge in [0.15, 0.2) is 0 Å². The van der Waals surface area contributed by atoms with E-state index in [-0.39, 0.29) is 0 Å². The van der Waals surface area contributed by atoms with Crippen molar-refractivity contribution < 1.29 is 0 Å². The lowest BCUT2D eigenvalue weighted by Crippen LogP contribution is -1.97. The van der Waals surface area contributed by atoms with Gasteiger partial charge in [0.05, 0.1) is 5.69 Å². The van der Waals surface area contributed by atoms with Crippen LogP contribution in [0.5, 0.6) is 0 Å². The third-order valence-electron chi connectivity index (χ3n) is 2.99. The molecule has 3 heteroatoms. The fraction of sp³-hybridized carbons (Fsp3) is 0.286. The van der Waals surface area contributed by atoms with Crippen LogP contribution in [0.2, 0.25) is 0 Å². The Morgan fingerprint density at radius 3 is 2.53 bits per heavy atom. The van der Waals surface area contributed by atoms with Crippen LogP contribution in [0.3, 0.4) is 0 Å². The van der Waals surface area contributed by atoms with Gasteiger partial charge >= 0.3 is 0 Å². The molecule has 1 aromatic carbocycles. The fourth-order valence-corrected chi connectivity index (χ4v) is 2.10. The topological polar surface area (TPSA) is 28.7 Å². The van der Waals surface area contributed by atoms with Crippen molar-refractivity contribution in [3.8, 4) is 11.3 Å². The average molecular weight is 244 g/mol. The van der Waals surface area contributed by atoms with Gasteiger partial charge in [-0.2, -0.15) is 0 Å². The molecule has 0 aliphatic rings. The van der Waals surface area contributed by atoms with E-state index in [4.69, 9.17) is 12.2 Å². The Balaban J connectivity index is 2.72. The van der Waals surface area contributed by atoms with Crippen molar-refractivity contribution in [3.05, 3.63) is 45.4 Å². The first kappa shape index (κ1) is 12.0. The first-order valence-corrected chi connectivity index (χ1v) is 6.05. The minimum atomic E-state index is 0.710. The maximum absolute atomic E-state index is 5.37. The first-order chi connectivity index (χ1) is 7.99. The van der Waals surface area contributed by atoms with Crippen LogP contribution >= 0.6 is 12.2 Å². The highest BCUT2D eigenvalue weighted by molar-refractivity contribution is 7.71. The van der Waals surface area contributed by atoms with E-state index in [9.17, 15) is 0 Å². The number of rotatable bonds is 1. The highest BCUT2D eigenvalue weighted by Crippen LogP contribution is 2.24. The molecule has 2 aromatic rings. The third kappa shape index (κ3) is 2.29. The molecule has 17 heavy (non-hydrogen) atoms.